The van der Waals surface area contributed by atoms with E-state index in [9.17, 15) is 9.59 Å². The van der Waals surface area contributed by atoms with Gasteiger partial charge in [0, 0.05) is 23.7 Å². The number of rotatable bonds is 5. The molecule has 0 aromatic heterocycles. The standard InChI is InChI=1S/C19H19ClN2O5/c1-12(23)22(15-9-13(20)3-5-16(15)25-2)11-19(24)21-14-4-6-17-18(10-14)27-8-7-26-17/h3-6,9-10H,7-8,11H2,1-2H3,(H,21,24). The maximum Gasteiger partial charge on any atom is 0.244 e. The molecule has 0 saturated heterocycles. The minimum atomic E-state index is -0.371. The van der Waals surface area contributed by atoms with Gasteiger partial charge in [0.1, 0.15) is 25.5 Å². The molecule has 1 heterocycles. The molecular weight excluding hydrogens is 372 g/mol. The molecule has 0 unspecified atom stereocenters. The van der Waals surface area contributed by atoms with E-state index in [0.717, 1.165) is 0 Å². The van der Waals surface area contributed by atoms with Crippen LogP contribution in [0.4, 0.5) is 11.4 Å². The highest BCUT2D eigenvalue weighted by Gasteiger charge is 2.20. The fraction of sp³-hybridized carbons (Fsp3) is 0.263. The number of carbonyl (C=O) groups is 2. The molecule has 0 atom stereocenters. The van der Waals surface area contributed by atoms with E-state index in [-0.39, 0.29) is 18.4 Å². The van der Waals surface area contributed by atoms with Crippen LogP contribution in [0.2, 0.25) is 5.02 Å². The molecule has 8 heteroatoms. The Morgan fingerprint density at radius 2 is 1.89 bits per heavy atom. The fourth-order valence-electron chi connectivity index (χ4n) is 2.71. The topological polar surface area (TPSA) is 77.1 Å². The molecule has 2 amide bonds. The van der Waals surface area contributed by atoms with Crippen molar-refractivity contribution in [1.29, 1.82) is 0 Å². The summed E-state index contributed by atoms with van der Waals surface area (Å²) in [6.45, 7) is 2.13. The van der Waals surface area contributed by atoms with Crippen LogP contribution in [0.15, 0.2) is 36.4 Å². The Bertz CT molecular complexity index is 871. The summed E-state index contributed by atoms with van der Waals surface area (Å²) in [7, 11) is 1.49. The van der Waals surface area contributed by atoms with Gasteiger partial charge in [-0.15, -0.1) is 0 Å². The molecule has 2 aromatic carbocycles. The third kappa shape index (κ3) is 4.43. The normalized spacial score (nSPS) is 12.3. The van der Waals surface area contributed by atoms with Gasteiger partial charge in [-0.1, -0.05) is 11.6 Å². The molecule has 2 aromatic rings. The number of anilines is 2. The first-order valence-corrected chi connectivity index (χ1v) is 8.67. The second-order valence-electron chi connectivity index (χ2n) is 5.83. The molecule has 1 aliphatic heterocycles. The van der Waals surface area contributed by atoms with Crippen molar-refractivity contribution in [2.24, 2.45) is 0 Å². The van der Waals surface area contributed by atoms with Crippen molar-refractivity contribution in [2.45, 2.75) is 6.92 Å². The van der Waals surface area contributed by atoms with E-state index in [4.69, 9.17) is 25.8 Å². The molecule has 0 bridgehead atoms. The first-order valence-electron chi connectivity index (χ1n) is 8.29. The molecule has 27 heavy (non-hydrogen) atoms. The van der Waals surface area contributed by atoms with Crippen LogP contribution in [-0.2, 0) is 9.59 Å². The Labute approximate surface area is 161 Å². The number of amides is 2. The lowest BCUT2D eigenvalue weighted by Crippen LogP contribution is -2.37. The average Bonchev–Trinajstić information content (AvgIpc) is 2.65. The second-order valence-corrected chi connectivity index (χ2v) is 6.26. The number of halogens is 1. The van der Waals surface area contributed by atoms with E-state index < -0.39 is 0 Å². The molecule has 1 aliphatic rings. The van der Waals surface area contributed by atoms with Crippen molar-refractivity contribution in [2.75, 3.05) is 37.1 Å². The first-order chi connectivity index (χ1) is 13.0. The SMILES string of the molecule is COc1ccc(Cl)cc1N(CC(=O)Nc1ccc2c(c1)OCCO2)C(C)=O. The van der Waals surface area contributed by atoms with Gasteiger partial charge in [-0.25, -0.2) is 0 Å². The highest BCUT2D eigenvalue weighted by Crippen LogP contribution is 2.33. The van der Waals surface area contributed by atoms with Crippen molar-refractivity contribution < 1.29 is 23.8 Å². The number of fused-ring (bicyclic) bond motifs is 1. The summed E-state index contributed by atoms with van der Waals surface area (Å²) < 4.78 is 16.2. The van der Waals surface area contributed by atoms with Crippen molar-refractivity contribution in [1.82, 2.24) is 0 Å². The third-order valence-corrected chi connectivity index (χ3v) is 4.17. The van der Waals surface area contributed by atoms with Crippen molar-refractivity contribution >= 4 is 34.8 Å². The summed E-state index contributed by atoms with van der Waals surface area (Å²) in [5.41, 5.74) is 0.973. The summed E-state index contributed by atoms with van der Waals surface area (Å²) in [6, 6.07) is 10.0. The van der Waals surface area contributed by atoms with Gasteiger partial charge in [0.15, 0.2) is 11.5 Å². The van der Waals surface area contributed by atoms with Gasteiger partial charge >= 0.3 is 0 Å². The van der Waals surface area contributed by atoms with E-state index in [1.165, 1.54) is 18.9 Å². The first kappa shape index (κ1) is 18.8. The fourth-order valence-corrected chi connectivity index (χ4v) is 2.87. The number of hydrogen-bond acceptors (Lipinski definition) is 5. The molecule has 0 aliphatic carbocycles. The maximum atomic E-state index is 12.5. The Kier molecular flexibility index (Phi) is 5.71. The predicted molar refractivity (Wildman–Crippen MR) is 102 cm³/mol. The number of nitrogens with zero attached hydrogens (tertiary/aromatic N) is 1. The summed E-state index contributed by atoms with van der Waals surface area (Å²) in [4.78, 5) is 25.9. The summed E-state index contributed by atoms with van der Waals surface area (Å²) in [5, 5.41) is 3.19. The van der Waals surface area contributed by atoms with Gasteiger partial charge < -0.3 is 19.5 Å². The summed E-state index contributed by atoms with van der Waals surface area (Å²) >= 11 is 6.04. The largest absolute Gasteiger partial charge is 0.495 e. The van der Waals surface area contributed by atoms with Crippen LogP contribution in [-0.4, -0.2) is 38.7 Å². The molecule has 0 fully saturated rings. The lowest BCUT2D eigenvalue weighted by Gasteiger charge is -2.23. The van der Waals surface area contributed by atoms with Crippen LogP contribution >= 0.6 is 11.6 Å². The Hall–Kier alpha value is -2.93. The molecule has 0 saturated carbocycles. The van der Waals surface area contributed by atoms with Crippen molar-refractivity contribution in [3.05, 3.63) is 41.4 Å². The van der Waals surface area contributed by atoms with Crippen LogP contribution in [0.3, 0.4) is 0 Å². The lowest BCUT2D eigenvalue weighted by molar-refractivity contribution is -0.120. The molecule has 0 spiro atoms. The lowest BCUT2D eigenvalue weighted by atomic mass is 10.2. The zero-order chi connectivity index (χ0) is 19.4. The monoisotopic (exact) mass is 390 g/mol. The molecule has 3 rings (SSSR count). The van der Waals surface area contributed by atoms with E-state index in [1.54, 1.807) is 36.4 Å². The Morgan fingerprint density at radius 1 is 1.15 bits per heavy atom. The molecule has 1 N–H and O–H groups in total. The van der Waals surface area contributed by atoms with Gasteiger partial charge in [-0.05, 0) is 30.3 Å². The predicted octanol–water partition coefficient (Wildman–Crippen LogP) is 3.11. The number of nitrogens with one attached hydrogen (secondary N) is 1. The average molecular weight is 391 g/mol. The highest BCUT2D eigenvalue weighted by molar-refractivity contribution is 6.31. The maximum absolute atomic E-state index is 12.5. The Balaban J connectivity index is 1.76. The minimum absolute atomic E-state index is 0.194. The second kappa shape index (κ2) is 8.18. The highest BCUT2D eigenvalue weighted by atomic mass is 35.5. The van der Waals surface area contributed by atoms with Crippen LogP contribution < -0.4 is 24.4 Å². The van der Waals surface area contributed by atoms with E-state index in [0.29, 0.717) is 46.9 Å². The van der Waals surface area contributed by atoms with Gasteiger partial charge in [0.25, 0.3) is 0 Å². The van der Waals surface area contributed by atoms with E-state index in [2.05, 4.69) is 5.32 Å². The van der Waals surface area contributed by atoms with Crippen LogP contribution in [0.25, 0.3) is 0 Å². The molecule has 7 nitrogen and oxygen atoms in total. The minimum Gasteiger partial charge on any atom is -0.495 e. The smallest absolute Gasteiger partial charge is 0.244 e. The van der Waals surface area contributed by atoms with Crippen molar-refractivity contribution in [3.63, 3.8) is 0 Å². The number of benzene rings is 2. The van der Waals surface area contributed by atoms with E-state index in [1.807, 2.05) is 0 Å². The van der Waals surface area contributed by atoms with Crippen molar-refractivity contribution in [3.8, 4) is 17.2 Å². The number of ether oxygens (including phenoxy) is 3. The number of hydrogen-bond donors (Lipinski definition) is 1. The van der Waals surface area contributed by atoms with Gasteiger partial charge in [-0.3, -0.25) is 14.5 Å². The molecular formula is C19H19ClN2O5. The molecule has 142 valence electrons. The quantitative estimate of drug-likeness (QED) is 0.848. The molecule has 0 radical (unpaired) electrons. The van der Waals surface area contributed by atoms with Crippen LogP contribution in [0, 0.1) is 0 Å². The number of carbonyl (C=O) groups excluding carboxylic acids is 2. The van der Waals surface area contributed by atoms with Crippen LogP contribution in [0.1, 0.15) is 6.92 Å². The summed E-state index contributed by atoms with van der Waals surface area (Å²) in [5.74, 6) is 0.964. The van der Waals surface area contributed by atoms with Gasteiger partial charge in [0.2, 0.25) is 11.8 Å². The summed E-state index contributed by atoms with van der Waals surface area (Å²) in [6.07, 6.45) is 0. The van der Waals surface area contributed by atoms with E-state index >= 15 is 0 Å². The third-order valence-electron chi connectivity index (χ3n) is 3.94. The zero-order valence-electron chi connectivity index (χ0n) is 15.0. The van der Waals surface area contributed by atoms with Gasteiger partial charge in [0.05, 0.1) is 12.8 Å². The van der Waals surface area contributed by atoms with Gasteiger partial charge in [-0.2, -0.15) is 0 Å². The Morgan fingerprint density at radius 3 is 2.59 bits per heavy atom. The number of methoxy groups -OCH3 is 1. The zero-order valence-corrected chi connectivity index (χ0v) is 15.7. The van der Waals surface area contributed by atoms with Crippen LogP contribution in [0.5, 0.6) is 17.2 Å².